The number of amides is 1. The van der Waals surface area contributed by atoms with Crippen molar-refractivity contribution in [3.05, 3.63) is 24.3 Å². The van der Waals surface area contributed by atoms with Crippen LogP contribution in [0.4, 0.5) is 0 Å². The Kier molecular flexibility index (Phi) is 47.3. The zero-order chi connectivity index (χ0) is 64.0. The molecule has 0 aromatic rings. The van der Waals surface area contributed by atoms with E-state index < -0.39 is 124 Å². The molecule has 0 saturated carbocycles. The maximum Gasteiger partial charge on any atom is 0.220 e. The Balaban J connectivity index is 1.35. The van der Waals surface area contributed by atoms with E-state index >= 15 is 0 Å². The van der Waals surface area contributed by atoms with Crippen molar-refractivity contribution >= 4 is 5.91 Å². The minimum Gasteiger partial charge on any atom is -0.394 e. The highest BCUT2D eigenvalue weighted by molar-refractivity contribution is 5.76. The van der Waals surface area contributed by atoms with E-state index in [1.807, 2.05) is 6.08 Å². The van der Waals surface area contributed by atoms with E-state index in [1.54, 1.807) is 6.08 Å². The van der Waals surface area contributed by atoms with Crippen molar-refractivity contribution in [3.63, 3.8) is 0 Å². The highest BCUT2D eigenvalue weighted by Gasteiger charge is 2.53. The van der Waals surface area contributed by atoms with Crippen LogP contribution in [0.15, 0.2) is 24.3 Å². The van der Waals surface area contributed by atoms with Crippen LogP contribution in [-0.4, -0.2) is 193 Å². The van der Waals surface area contributed by atoms with Crippen LogP contribution in [-0.2, 0) is 33.2 Å². The van der Waals surface area contributed by atoms with Crippen molar-refractivity contribution in [2.45, 2.75) is 381 Å². The summed E-state index contributed by atoms with van der Waals surface area (Å²) in [5.41, 5.74) is 0. The third-order valence-electron chi connectivity index (χ3n) is 18.0. The highest BCUT2D eigenvalue weighted by atomic mass is 16.8. The molecule has 0 aromatic heterocycles. The van der Waals surface area contributed by atoms with Crippen LogP contribution >= 0.6 is 0 Å². The van der Waals surface area contributed by atoms with Gasteiger partial charge in [-0.25, -0.2) is 0 Å². The number of allylic oxidation sites excluding steroid dienone is 3. The highest BCUT2D eigenvalue weighted by Crippen LogP contribution is 2.33. The fraction of sp³-hybridized carbons (Fsp3) is 0.928. The fourth-order valence-electron chi connectivity index (χ4n) is 12.2. The monoisotopic (exact) mass is 1260 g/mol. The van der Waals surface area contributed by atoms with Crippen LogP contribution in [0.5, 0.6) is 0 Å². The van der Waals surface area contributed by atoms with E-state index in [-0.39, 0.29) is 18.9 Å². The zero-order valence-corrected chi connectivity index (χ0v) is 54.7. The van der Waals surface area contributed by atoms with E-state index in [2.05, 4.69) is 31.3 Å². The molecule has 3 fully saturated rings. The number of carbonyl (C=O) groups is 1. The van der Waals surface area contributed by atoms with Gasteiger partial charge in [-0.15, -0.1) is 0 Å². The third-order valence-corrected chi connectivity index (χ3v) is 18.0. The Bertz CT molecular complexity index is 1690. The summed E-state index contributed by atoms with van der Waals surface area (Å²) in [4.78, 5) is 13.4. The first kappa shape index (κ1) is 80.5. The predicted molar refractivity (Wildman–Crippen MR) is 342 cm³/mol. The molecule has 19 heteroatoms. The summed E-state index contributed by atoms with van der Waals surface area (Å²) >= 11 is 0. The standard InChI is InChI=1S/C69H129NO18/c1-3-5-7-9-11-13-15-17-18-19-20-21-22-23-24-25-26-27-28-29-30-31-32-33-34-35-37-39-41-43-45-47-57(75)70-52(53(74)46-44-42-40-38-36-16-14-12-10-8-6-4-2)51-83-67-63(81)60(78)65(55(49-72)85-67)88-69-64(82)61(79)66(56(50-73)86-69)87-68-62(80)59(77)58(76)54(48-71)84-68/h19-20,44,46,52-56,58-69,71-74,76-82H,3-18,21-43,45,47-51H2,1-2H3,(H,70,75)/b20-19-,46-44+. The number of hydrogen-bond acceptors (Lipinski definition) is 18. The molecular weight excluding hydrogens is 1130 g/mol. The molecule has 88 heavy (non-hydrogen) atoms. The summed E-state index contributed by atoms with van der Waals surface area (Å²) in [6.45, 7) is 1.74. The number of carbonyl (C=O) groups excluding carboxylic acids is 1. The second-order valence-electron chi connectivity index (χ2n) is 25.7. The first-order valence-electron chi connectivity index (χ1n) is 35.6. The molecule has 17 atom stereocenters. The van der Waals surface area contributed by atoms with Crippen LogP contribution in [0.25, 0.3) is 0 Å². The molecule has 0 aromatic carbocycles. The van der Waals surface area contributed by atoms with Crippen molar-refractivity contribution in [2.24, 2.45) is 0 Å². The lowest BCUT2D eigenvalue weighted by Gasteiger charge is -2.48. The SMILES string of the molecule is CCCCCCCCCC/C=C\CCCCCCCCCCCCCCCCCCCCCC(=O)NC(COC1OC(CO)C(OC2OC(CO)C(OC3OC(CO)C(O)C(O)C3O)C(O)C2O)C(O)C1O)C(O)/C=C/CCCCCCCCCCCC. The molecule has 17 unspecified atom stereocenters. The molecule has 3 saturated heterocycles. The van der Waals surface area contributed by atoms with Gasteiger partial charge < -0.3 is 89.9 Å². The van der Waals surface area contributed by atoms with Crippen molar-refractivity contribution in [3.8, 4) is 0 Å². The normalized spacial score (nSPS) is 28.5. The minimum atomic E-state index is -1.98. The largest absolute Gasteiger partial charge is 0.394 e. The van der Waals surface area contributed by atoms with Gasteiger partial charge in [0.15, 0.2) is 18.9 Å². The summed E-state index contributed by atoms with van der Waals surface area (Å²) in [5, 5.41) is 120. The lowest BCUT2D eigenvalue weighted by molar-refractivity contribution is -0.379. The van der Waals surface area contributed by atoms with Gasteiger partial charge in [0.05, 0.1) is 38.6 Å². The first-order chi connectivity index (χ1) is 42.8. The van der Waals surface area contributed by atoms with Crippen LogP contribution in [0, 0.1) is 0 Å². The number of rotatable bonds is 55. The van der Waals surface area contributed by atoms with Crippen molar-refractivity contribution < 1.29 is 89.4 Å². The van der Waals surface area contributed by atoms with Gasteiger partial charge in [-0.1, -0.05) is 250 Å². The third kappa shape index (κ3) is 33.4. The molecule has 3 heterocycles. The Morgan fingerprint density at radius 2 is 0.716 bits per heavy atom. The van der Waals surface area contributed by atoms with E-state index in [4.69, 9.17) is 28.4 Å². The topological polar surface area (TPSA) is 307 Å². The van der Waals surface area contributed by atoms with Gasteiger partial charge in [-0.2, -0.15) is 0 Å². The number of unbranched alkanes of at least 4 members (excludes halogenated alkanes) is 37. The Morgan fingerprint density at radius 3 is 1.10 bits per heavy atom. The molecule has 518 valence electrons. The van der Waals surface area contributed by atoms with Gasteiger partial charge in [-0.3, -0.25) is 4.79 Å². The fourth-order valence-corrected chi connectivity index (χ4v) is 12.2. The molecule has 0 aliphatic carbocycles. The van der Waals surface area contributed by atoms with Crippen LogP contribution in [0.3, 0.4) is 0 Å². The second-order valence-corrected chi connectivity index (χ2v) is 25.7. The van der Waals surface area contributed by atoms with Crippen molar-refractivity contribution in [2.75, 3.05) is 26.4 Å². The molecular formula is C69H129NO18. The van der Waals surface area contributed by atoms with E-state index in [0.29, 0.717) is 6.42 Å². The second kappa shape index (κ2) is 51.7. The maximum atomic E-state index is 13.4. The van der Waals surface area contributed by atoms with Crippen LogP contribution in [0.1, 0.15) is 277 Å². The first-order valence-corrected chi connectivity index (χ1v) is 35.6. The van der Waals surface area contributed by atoms with E-state index in [0.717, 1.165) is 44.9 Å². The summed E-state index contributed by atoms with van der Waals surface area (Å²) in [6.07, 6.45) is 31.8. The smallest absolute Gasteiger partial charge is 0.220 e. The molecule has 0 radical (unpaired) electrons. The number of aliphatic hydroxyl groups is 11. The summed E-state index contributed by atoms with van der Waals surface area (Å²) in [6, 6.07) is -0.969. The number of nitrogens with one attached hydrogen (secondary N) is 1. The molecule has 0 bridgehead atoms. The van der Waals surface area contributed by atoms with Gasteiger partial charge in [0.25, 0.3) is 0 Å². The van der Waals surface area contributed by atoms with Gasteiger partial charge >= 0.3 is 0 Å². The minimum absolute atomic E-state index is 0.248. The molecule has 19 nitrogen and oxygen atoms in total. The van der Waals surface area contributed by atoms with Crippen molar-refractivity contribution in [1.29, 1.82) is 0 Å². The average Bonchev–Trinajstić information content (AvgIpc) is 1.54. The zero-order valence-electron chi connectivity index (χ0n) is 54.7. The van der Waals surface area contributed by atoms with Gasteiger partial charge in [0, 0.05) is 6.42 Å². The number of hydrogen-bond donors (Lipinski definition) is 12. The lowest BCUT2D eigenvalue weighted by Crippen LogP contribution is -2.66. The maximum absolute atomic E-state index is 13.4. The lowest BCUT2D eigenvalue weighted by atomic mass is 9.96. The summed E-state index contributed by atoms with van der Waals surface area (Å²) in [7, 11) is 0. The molecule has 12 N–H and O–H groups in total. The Labute approximate surface area is 530 Å². The van der Waals surface area contributed by atoms with Gasteiger partial charge in [-0.05, 0) is 44.9 Å². The van der Waals surface area contributed by atoms with Gasteiger partial charge in [0.2, 0.25) is 5.91 Å². The molecule has 3 aliphatic rings. The molecule has 3 aliphatic heterocycles. The van der Waals surface area contributed by atoms with Crippen LogP contribution < -0.4 is 5.32 Å². The summed E-state index contributed by atoms with van der Waals surface area (Å²) in [5.74, 6) is -0.272. The molecule has 3 rings (SSSR count). The Morgan fingerprint density at radius 1 is 0.398 bits per heavy atom. The van der Waals surface area contributed by atoms with Crippen LogP contribution in [0.2, 0.25) is 0 Å². The molecule has 1 amide bonds. The van der Waals surface area contributed by atoms with Crippen molar-refractivity contribution in [1.82, 2.24) is 5.32 Å². The average molecular weight is 1260 g/mol. The molecule has 0 spiro atoms. The Hall–Kier alpha value is -1.73. The van der Waals surface area contributed by atoms with Gasteiger partial charge in [0.1, 0.15) is 73.2 Å². The van der Waals surface area contributed by atoms with E-state index in [1.165, 1.54) is 205 Å². The number of ether oxygens (including phenoxy) is 6. The summed E-state index contributed by atoms with van der Waals surface area (Å²) < 4.78 is 34.3. The number of aliphatic hydroxyl groups excluding tert-OH is 11. The quantitative estimate of drug-likeness (QED) is 0.0199. The predicted octanol–water partition coefficient (Wildman–Crippen LogP) is 9.44. The van der Waals surface area contributed by atoms with E-state index in [9.17, 15) is 61.0 Å².